The number of aryl methyl sites for hydroxylation is 1. The normalized spacial score (nSPS) is 13.8. The van der Waals surface area contributed by atoms with Crippen molar-refractivity contribution in [2.45, 2.75) is 19.9 Å². The highest BCUT2D eigenvalue weighted by Crippen LogP contribution is 2.20. The fraction of sp³-hybridized carbons (Fsp3) is 0.200. The summed E-state index contributed by atoms with van der Waals surface area (Å²) in [7, 11) is 0. The number of hydrogen-bond donors (Lipinski definition) is 1. The summed E-state index contributed by atoms with van der Waals surface area (Å²) in [6.07, 6.45) is 2.59. The van der Waals surface area contributed by atoms with E-state index in [1.165, 1.54) is 11.1 Å². The van der Waals surface area contributed by atoms with Gasteiger partial charge in [-0.25, -0.2) is 0 Å². The van der Waals surface area contributed by atoms with Crippen molar-refractivity contribution < 1.29 is 4.79 Å². The first-order valence-corrected chi connectivity index (χ1v) is 7.97. The minimum atomic E-state index is -0.370. The van der Waals surface area contributed by atoms with Crippen LogP contribution in [0.2, 0.25) is 0 Å². The summed E-state index contributed by atoms with van der Waals surface area (Å²) in [5.74, 6) is -0.370. The predicted octanol–water partition coefficient (Wildman–Crippen LogP) is 3.40. The quantitative estimate of drug-likeness (QED) is 0.697. The molecule has 120 valence electrons. The molecule has 1 N–H and O–H groups in total. The summed E-state index contributed by atoms with van der Waals surface area (Å²) in [5, 5.41) is 12.2. The van der Waals surface area contributed by atoms with Crippen LogP contribution in [0.4, 0.5) is 5.69 Å². The van der Waals surface area contributed by atoms with Crippen molar-refractivity contribution in [3.63, 3.8) is 0 Å². The second-order valence-electron chi connectivity index (χ2n) is 5.91. The summed E-state index contributed by atoms with van der Waals surface area (Å²) in [6, 6.07) is 17.8. The zero-order chi connectivity index (χ0) is 16.9. The maximum atomic E-state index is 12.4. The molecule has 3 rings (SSSR count). The average molecular weight is 317 g/mol. The third-order valence-corrected chi connectivity index (χ3v) is 4.23. The highest BCUT2D eigenvalue weighted by Gasteiger charge is 2.16. The van der Waals surface area contributed by atoms with Crippen molar-refractivity contribution in [3.05, 3.63) is 77.0 Å². The van der Waals surface area contributed by atoms with Gasteiger partial charge in [0.05, 0.1) is 0 Å². The van der Waals surface area contributed by atoms with Crippen LogP contribution in [0.3, 0.4) is 0 Å². The predicted molar refractivity (Wildman–Crippen MR) is 94.1 cm³/mol. The number of carbonyl (C=O) groups is 1. The number of fused-ring (bicyclic) bond motifs is 1. The van der Waals surface area contributed by atoms with E-state index >= 15 is 0 Å². The molecule has 1 amide bonds. The molecule has 1 aliphatic rings. The van der Waals surface area contributed by atoms with E-state index in [2.05, 4.69) is 17.4 Å². The third-order valence-electron chi connectivity index (χ3n) is 4.23. The Kier molecular flexibility index (Phi) is 4.62. The van der Waals surface area contributed by atoms with E-state index in [1.807, 2.05) is 54.3 Å². The van der Waals surface area contributed by atoms with Gasteiger partial charge < -0.3 is 10.2 Å². The van der Waals surface area contributed by atoms with Crippen LogP contribution in [0.5, 0.6) is 0 Å². The van der Waals surface area contributed by atoms with Gasteiger partial charge in [0, 0.05) is 25.0 Å². The Balaban J connectivity index is 1.74. The molecule has 0 saturated heterocycles. The molecule has 0 spiro atoms. The smallest absolute Gasteiger partial charge is 0.267 e. The van der Waals surface area contributed by atoms with Gasteiger partial charge in [-0.05, 0) is 36.1 Å². The molecule has 2 aromatic rings. The SMILES string of the molecule is Cc1ccccc1NC(=O)/C(C#N)=C\N1CCc2ccccc2C1. The Bertz CT molecular complexity index is 833. The monoisotopic (exact) mass is 317 g/mol. The molecule has 2 aromatic carbocycles. The van der Waals surface area contributed by atoms with Gasteiger partial charge in [-0.3, -0.25) is 4.79 Å². The molecule has 0 saturated carbocycles. The summed E-state index contributed by atoms with van der Waals surface area (Å²) < 4.78 is 0. The Hall–Kier alpha value is -3.06. The second kappa shape index (κ2) is 7.01. The average Bonchev–Trinajstić information content (AvgIpc) is 2.61. The number of carbonyl (C=O) groups excluding carboxylic acids is 1. The summed E-state index contributed by atoms with van der Waals surface area (Å²) in [5.41, 5.74) is 4.40. The lowest BCUT2D eigenvalue weighted by molar-refractivity contribution is -0.112. The molecule has 4 heteroatoms. The van der Waals surface area contributed by atoms with Gasteiger partial charge in [0.25, 0.3) is 5.91 Å². The zero-order valence-corrected chi connectivity index (χ0v) is 13.6. The molecule has 0 fully saturated rings. The van der Waals surface area contributed by atoms with Gasteiger partial charge in [-0.2, -0.15) is 5.26 Å². The topological polar surface area (TPSA) is 56.1 Å². The van der Waals surface area contributed by atoms with Crippen molar-refractivity contribution in [2.24, 2.45) is 0 Å². The molecular weight excluding hydrogens is 298 g/mol. The fourth-order valence-electron chi connectivity index (χ4n) is 2.85. The van der Waals surface area contributed by atoms with Gasteiger partial charge in [-0.1, -0.05) is 42.5 Å². The molecule has 0 unspecified atom stereocenters. The summed E-state index contributed by atoms with van der Waals surface area (Å²) in [4.78, 5) is 14.4. The van der Waals surface area contributed by atoms with Crippen molar-refractivity contribution in [1.82, 2.24) is 4.90 Å². The molecule has 0 aliphatic carbocycles. The van der Waals surface area contributed by atoms with Crippen LogP contribution in [-0.2, 0) is 17.8 Å². The van der Waals surface area contributed by atoms with Crippen LogP contribution in [-0.4, -0.2) is 17.4 Å². The van der Waals surface area contributed by atoms with E-state index in [4.69, 9.17) is 0 Å². The number of hydrogen-bond acceptors (Lipinski definition) is 3. The largest absolute Gasteiger partial charge is 0.371 e. The first-order chi connectivity index (χ1) is 11.7. The van der Waals surface area contributed by atoms with E-state index in [0.29, 0.717) is 0 Å². The van der Waals surface area contributed by atoms with Crippen molar-refractivity contribution in [2.75, 3.05) is 11.9 Å². The molecule has 4 nitrogen and oxygen atoms in total. The number of nitrogens with one attached hydrogen (secondary N) is 1. The summed E-state index contributed by atoms with van der Waals surface area (Å²) in [6.45, 7) is 3.45. The lowest BCUT2D eigenvalue weighted by Crippen LogP contribution is -2.27. The summed E-state index contributed by atoms with van der Waals surface area (Å²) >= 11 is 0. The molecule has 24 heavy (non-hydrogen) atoms. The number of para-hydroxylation sites is 1. The van der Waals surface area contributed by atoms with Crippen LogP contribution in [0.1, 0.15) is 16.7 Å². The lowest BCUT2D eigenvalue weighted by Gasteiger charge is -2.27. The minimum absolute atomic E-state index is 0.123. The third kappa shape index (κ3) is 3.47. The van der Waals surface area contributed by atoms with Crippen molar-refractivity contribution in [1.29, 1.82) is 5.26 Å². The van der Waals surface area contributed by atoms with Crippen LogP contribution in [0, 0.1) is 18.3 Å². The Labute approximate surface area is 142 Å². The van der Waals surface area contributed by atoms with Gasteiger partial charge in [-0.15, -0.1) is 0 Å². The van der Waals surface area contributed by atoms with E-state index in [1.54, 1.807) is 6.20 Å². The van der Waals surface area contributed by atoms with E-state index in [0.717, 1.165) is 30.8 Å². The maximum Gasteiger partial charge on any atom is 0.267 e. The Morgan fingerprint density at radius 2 is 1.88 bits per heavy atom. The Morgan fingerprint density at radius 1 is 1.17 bits per heavy atom. The van der Waals surface area contributed by atoms with Crippen LogP contribution < -0.4 is 5.32 Å². The number of amides is 1. The molecule has 0 atom stereocenters. The van der Waals surface area contributed by atoms with Gasteiger partial charge >= 0.3 is 0 Å². The number of rotatable bonds is 3. The number of nitrogens with zero attached hydrogens (tertiary/aromatic N) is 2. The minimum Gasteiger partial charge on any atom is -0.371 e. The van der Waals surface area contributed by atoms with E-state index in [-0.39, 0.29) is 11.5 Å². The highest BCUT2D eigenvalue weighted by molar-refractivity contribution is 6.06. The van der Waals surface area contributed by atoms with E-state index in [9.17, 15) is 10.1 Å². The molecule has 0 radical (unpaired) electrons. The fourth-order valence-corrected chi connectivity index (χ4v) is 2.85. The van der Waals surface area contributed by atoms with E-state index < -0.39 is 0 Å². The molecule has 1 aliphatic heterocycles. The van der Waals surface area contributed by atoms with Crippen LogP contribution in [0.15, 0.2) is 60.3 Å². The molecular formula is C20H19N3O. The first-order valence-electron chi connectivity index (χ1n) is 7.97. The first kappa shape index (κ1) is 15.8. The molecule has 0 aromatic heterocycles. The molecule has 1 heterocycles. The number of nitriles is 1. The van der Waals surface area contributed by atoms with Gasteiger partial charge in [0.1, 0.15) is 11.6 Å². The molecule has 0 bridgehead atoms. The van der Waals surface area contributed by atoms with Crippen molar-refractivity contribution >= 4 is 11.6 Å². The second-order valence-corrected chi connectivity index (χ2v) is 5.91. The lowest BCUT2D eigenvalue weighted by atomic mass is 10.00. The van der Waals surface area contributed by atoms with Crippen LogP contribution in [0.25, 0.3) is 0 Å². The van der Waals surface area contributed by atoms with Gasteiger partial charge in [0.15, 0.2) is 0 Å². The van der Waals surface area contributed by atoms with Gasteiger partial charge in [0.2, 0.25) is 0 Å². The standard InChI is InChI=1S/C20H19N3O/c1-15-6-2-5-9-19(15)22-20(24)18(12-21)14-23-11-10-16-7-3-4-8-17(16)13-23/h2-9,14H,10-11,13H2,1H3,(H,22,24)/b18-14-. The van der Waals surface area contributed by atoms with Crippen LogP contribution >= 0.6 is 0 Å². The Morgan fingerprint density at radius 3 is 2.62 bits per heavy atom. The zero-order valence-electron chi connectivity index (χ0n) is 13.6. The number of anilines is 1. The maximum absolute atomic E-state index is 12.4. The number of benzene rings is 2. The highest BCUT2D eigenvalue weighted by atomic mass is 16.1. The van der Waals surface area contributed by atoms with Crippen molar-refractivity contribution in [3.8, 4) is 6.07 Å².